The number of benzene rings is 3. The summed E-state index contributed by atoms with van der Waals surface area (Å²) in [6.45, 7) is 2.85. The fourth-order valence-corrected chi connectivity index (χ4v) is 2.77. The van der Waals surface area contributed by atoms with Crippen LogP contribution in [0.5, 0.6) is 5.75 Å². The average molecular weight is 358 g/mol. The van der Waals surface area contributed by atoms with Crippen molar-refractivity contribution in [3.05, 3.63) is 89.2 Å². The second-order valence-electron chi connectivity index (χ2n) is 5.77. The molecule has 2 N–H and O–H groups in total. The van der Waals surface area contributed by atoms with Gasteiger partial charge in [0.1, 0.15) is 18.2 Å². The fourth-order valence-electron chi connectivity index (χ4n) is 2.77. The third kappa shape index (κ3) is 4.59. The van der Waals surface area contributed by atoms with Crippen LogP contribution < -0.4 is 10.5 Å². The molecule has 0 heterocycles. The van der Waals surface area contributed by atoms with Crippen LogP contribution in [0.15, 0.2) is 66.7 Å². The normalized spacial score (nSPS) is 10.2. The molecule has 0 saturated heterocycles. The minimum absolute atomic E-state index is 0. The number of halogens is 2. The molecule has 0 amide bonds. The zero-order valence-electron chi connectivity index (χ0n) is 14.0. The van der Waals surface area contributed by atoms with Crippen LogP contribution in [0.25, 0.3) is 11.1 Å². The third-order valence-corrected chi connectivity index (χ3v) is 3.96. The molecule has 0 atom stereocenters. The number of nitrogens with two attached hydrogens (primary N) is 1. The summed E-state index contributed by atoms with van der Waals surface area (Å²) in [6, 6.07) is 20.6. The van der Waals surface area contributed by atoms with Gasteiger partial charge < -0.3 is 10.5 Å². The molecule has 0 radical (unpaired) electrons. The van der Waals surface area contributed by atoms with Crippen molar-refractivity contribution < 1.29 is 9.13 Å². The molecule has 0 bridgehead atoms. The van der Waals surface area contributed by atoms with Crippen LogP contribution >= 0.6 is 12.4 Å². The Balaban J connectivity index is 0.00000225. The van der Waals surface area contributed by atoms with Crippen molar-refractivity contribution in [1.29, 1.82) is 0 Å². The Morgan fingerprint density at radius 3 is 2.36 bits per heavy atom. The molecule has 3 aromatic carbocycles. The number of ether oxygens (including phenoxy) is 1. The van der Waals surface area contributed by atoms with Crippen molar-refractivity contribution >= 4 is 12.4 Å². The van der Waals surface area contributed by atoms with Crippen LogP contribution in [0.4, 0.5) is 4.39 Å². The lowest BCUT2D eigenvalue weighted by molar-refractivity contribution is 0.301. The maximum absolute atomic E-state index is 13.5. The summed E-state index contributed by atoms with van der Waals surface area (Å²) in [6.07, 6.45) is 0. The quantitative estimate of drug-likeness (QED) is 0.676. The summed E-state index contributed by atoms with van der Waals surface area (Å²) in [5, 5.41) is 0. The largest absolute Gasteiger partial charge is 0.488 e. The Bertz CT molecular complexity index is 837. The molecule has 4 heteroatoms. The molecule has 0 aromatic heterocycles. The van der Waals surface area contributed by atoms with Gasteiger partial charge in [0, 0.05) is 12.1 Å². The standard InChI is InChI=1S/C21H20FNO.ClH/c1-15-10-18(17-8-5-9-20(22)12-17)11-19(13-23)21(15)24-14-16-6-3-2-4-7-16;/h2-12H,13-14,23H2,1H3;1H. The van der Waals surface area contributed by atoms with Crippen molar-refractivity contribution in [2.75, 3.05) is 0 Å². The van der Waals surface area contributed by atoms with E-state index in [-0.39, 0.29) is 18.2 Å². The molecule has 130 valence electrons. The van der Waals surface area contributed by atoms with Crippen LogP contribution in [-0.4, -0.2) is 0 Å². The van der Waals surface area contributed by atoms with E-state index in [4.69, 9.17) is 10.5 Å². The molecule has 3 aromatic rings. The Morgan fingerprint density at radius 2 is 1.68 bits per heavy atom. The third-order valence-electron chi connectivity index (χ3n) is 3.96. The highest BCUT2D eigenvalue weighted by molar-refractivity contribution is 5.85. The Kier molecular flexibility index (Phi) is 6.57. The van der Waals surface area contributed by atoms with Crippen LogP contribution in [0.3, 0.4) is 0 Å². The van der Waals surface area contributed by atoms with E-state index < -0.39 is 0 Å². The van der Waals surface area contributed by atoms with E-state index in [2.05, 4.69) is 0 Å². The molecule has 0 unspecified atom stereocenters. The summed E-state index contributed by atoms with van der Waals surface area (Å²) in [5.74, 6) is 0.561. The van der Waals surface area contributed by atoms with Gasteiger partial charge in [-0.2, -0.15) is 0 Å². The maximum atomic E-state index is 13.5. The van der Waals surface area contributed by atoms with Gasteiger partial charge >= 0.3 is 0 Å². The average Bonchev–Trinajstić information content (AvgIpc) is 2.61. The van der Waals surface area contributed by atoms with E-state index in [1.165, 1.54) is 12.1 Å². The summed E-state index contributed by atoms with van der Waals surface area (Å²) < 4.78 is 19.5. The SMILES string of the molecule is Cc1cc(-c2cccc(F)c2)cc(CN)c1OCc1ccccc1.Cl. The second-order valence-corrected chi connectivity index (χ2v) is 5.77. The first-order valence-electron chi connectivity index (χ1n) is 7.93. The monoisotopic (exact) mass is 357 g/mol. The summed E-state index contributed by atoms with van der Waals surface area (Å²) in [4.78, 5) is 0. The van der Waals surface area contributed by atoms with Gasteiger partial charge in [0.15, 0.2) is 0 Å². The molecule has 0 aliphatic heterocycles. The second kappa shape index (κ2) is 8.65. The fraction of sp³-hybridized carbons (Fsp3) is 0.143. The van der Waals surface area contributed by atoms with Gasteiger partial charge in [-0.3, -0.25) is 0 Å². The molecular weight excluding hydrogens is 337 g/mol. The highest BCUT2D eigenvalue weighted by Gasteiger charge is 2.11. The predicted octanol–water partition coefficient (Wildman–Crippen LogP) is 5.26. The lowest BCUT2D eigenvalue weighted by Crippen LogP contribution is -2.05. The van der Waals surface area contributed by atoms with Crippen molar-refractivity contribution in [1.82, 2.24) is 0 Å². The van der Waals surface area contributed by atoms with E-state index in [1.807, 2.05) is 55.5 Å². The van der Waals surface area contributed by atoms with Gasteiger partial charge in [-0.1, -0.05) is 42.5 Å². The maximum Gasteiger partial charge on any atom is 0.127 e. The van der Waals surface area contributed by atoms with Gasteiger partial charge in [0.25, 0.3) is 0 Å². The lowest BCUT2D eigenvalue weighted by Gasteiger charge is -2.16. The van der Waals surface area contributed by atoms with Crippen LogP contribution in [-0.2, 0) is 13.2 Å². The minimum atomic E-state index is -0.246. The van der Waals surface area contributed by atoms with Crippen LogP contribution in [0.1, 0.15) is 16.7 Å². The molecule has 0 fully saturated rings. The van der Waals surface area contributed by atoms with E-state index in [9.17, 15) is 4.39 Å². The van der Waals surface area contributed by atoms with E-state index >= 15 is 0 Å². The number of aryl methyl sites for hydroxylation is 1. The first kappa shape index (κ1) is 19.0. The molecule has 0 saturated carbocycles. The molecule has 0 aliphatic carbocycles. The van der Waals surface area contributed by atoms with E-state index in [0.717, 1.165) is 33.6 Å². The highest BCUT2D eigenvalue weighted by atomic mass is 35.5. The van der Waals surface area contributed by atoms with Crippen molar-refractivity contribution in [2.24, 2.45) is 5.73 Å². The smallest absolute Gasteiger partial charge is 0.127 e. The first-order valence-corrected chi connectivity index (χ1v) is 7.93. The molecule has 0 aliphatic rings. The molecule has 3 rings (SSSR count). The number of hydrogen-bond acceptors (Lipinski definition) is 2. The van der Waals surface area contributed by atoms with Crippen LogP contribution in [0, 0.1) is 12.7 Å². The van der Waals surface area contributed by atoms with Gasteiger partial charge in [-0.25, -0.2) is 4.39 Å². The zero-order valence-corrected chi connectivity index (χ0v) is 14.9. The van der Waals surface area contributed by atoms with E-state index in [0.29, 0.717) is 13.2 Å². The highest BCUT2D eigenvalue weighted by Crippen LogP contribution is 2.31. The summed E-state index contributed by atoms with van der Waals surface area (Å²) in [7, 11) is 0. The number of hydrogen-bond donors (Lipinski definition) is 1. The topological polar surface area (TPSA) is 35.2 Å². The lowest BCUT2D eigenvalue weighted by atomic mass is 9.99. The minimum Gasteiger partial charge on any atom is -0.488 e. The predicted molar refractivity (Wildman–Crippen MR) is 102 cm³/mol. The van der Waals surface area contributed by atoms with Crippen molar-refractivity contribution in [2.45, 2.75) is 20.1 Å². The van der Waals surface area contributed by atoms with Crippen molar-refractivity contribution in [3.8, 4) is 16.9 Å². The molecule has 2 nitrogen and oxygen atoms in total. The Morgan fingerprint density at radius 1 is 0.920 bits per heavy atom. The summed E-state index contributed by atoms with van der Waals surface area (Å²) >= 11 is 0. The van der Waals surface area contributed by atoms with Gasteiger partial charge in [-0.15, -0.1) is 12.4 Å². The zero-order chi connectivity index (χ0) is 16.9. The molecule has 25 heavy (non-hydrogen) atoms. The van der Waals surface area contributed by atoms with Gasteiger partial charge in [0.2, 0.25) is 0 Å². The van der Waals surface area contributed by atoms with Gasteiger partial charge in [-0.05, 0) is 53.4 Å². The number of rotatable bonds is 5. The molecule has 0 spiro atoms. The first-order chi connectivity index (χ1) is 11.7. The van der Waals surface area contributed by atoms with Crippen LogP contribution in [0.2, 0.25) is 0 Å². The Labute approximate surface area is 153 Å². The Hall–Kier alpha value is -2.36. The molecular formula is C21H21ClFNO. The van der Waals surface area contributed by atoms with E-state index in [1.54, 1.807) is 6.07 Å². The van der Waals surface area contributed by atoms with Gasteiger partial charge in [0.05, 0.1) is 0 Å². The van der Waals surface area contributed by atoms with Crippen molar-refractivity contribution in [3.63, 3.8) is 0 Å². The summed E-state index contributed by atoms with van der Waals surface area (Å²) in [5.41, 5.74) is 10.7.